The molecule has 26 heavy (non-hydrogen) atoms. The van der Waals surface area contributed by atoms with Gasteiger partial charge in [0.15, 0.2) is 5.11 Å². The highest BCUT2D eigenvalue weighted by atomic mass is 35.5. The number of thiocarbonyl (C=S) groups is 1. The van der Waals surface area contributed by atoms with Gasteiger partial charge in [0.1, 0.15) is 0 Å². The van der Waals surface area contributed by atoms with Gasteiger partial charge >= 0.3 is 0 Å². The Morgan fingerprint density at radius 1 is 1.31 bits per heavy atom. The van der Waals surface area contributed by atoms with Crippen LogP contribution in [-0.2, 0) is 6.54 Å². The fraction of sp³-hybridized carbons (Fsp3) is 0.278. The highest BCUT2D eigenvalue weighted by molar-refractivity contribution is 7.80. The Hall–Kier alpha value is -1.96. The molecule has 136 valence electrons. The lowest BCUT2D eigenvalue weighted by atomic mass is 10.2. The molecule has 0 saturated carbocycles. The lowest BCUT2D eigenvalue weighted by molar-refractivity contribution is 0.359. The third-order valence-corrected chi connectivity index (χ3v) is 5.44. The molecule has 5 nitrogen and oxygen atoms in total. The van der Waals surface area contributed by atoms with E-state index in [-0.39, 0.29) is 0 Å². The molecule has 0 aliphatic rings. The summed E-state index contributed by atoms with van der Waals surface area (Å²) in [5.41, 5.74) is 1.86. The Morgan fingerprint density at radius 2 is 2.15 bits per heavy atom. The van der Waals surface area contributed by atoms with Gasteiger partial charge < -0.3 is 14.6 Å². The van der Waals surface area contributed by atoms with E-state index in [2.05, 4.69) is 22.4 Å². The number of aromatic nitrogens is 2. The van der Waals surface area contributed by atoms with Crippen molar-refractivity contribution in [2.75, 3.05) is 11.9 Å². The Labute approximate surface area is 167 Å². The Bertz CT molecular complexity index is 879. The van der Waals surface area contributed by atoms with Crippen LogP contribution in [0, 0.1) is 6.92 Å². The summed E-state index contributed by atoms with van der Waals surface area (Å²) in [6.45, 7) is 5.30. The maximum Gasteiger partial charge on any atom is 0.257 e. The largest absolute Gasteiger partial charge is 0.418 e. The Kier molecular flexibility index (Phi) is 6.24. The van der Waals surface area contributed by atoms with Crippen LogP contribution < -0.4 is 5.32 Å². The molecule has 0 amide bonds. The predicted molar refractivity (Wildman–Crippen MR) is 111 cm³/mol. The molecule has 0 atom stereocenters. The van der Waals surface area contributed by atoms with Gasteiger partial charge in [-0.15, -0.1) is 21.5 Å². The van der Waals surface area contributed by atoms with Crippen molar-refractivity contribution in [2.45, 2.75) is 26.8 Å². The van der Waals surface area contributed by atoms with Gasteiger partial charge in [-0.25, -0.2) is 0 Å². The van der Waals surface area contributed by atoms with E-state index in [4.69, 9.17) is 28.2 Å². The molecule has 0 saturated heterocycles. The van der Waals surface area contributed by atoms with E-state index in [1.165, 1.54) is 0 Å². The highest BCUT2D eigenvalue weighted by Gasteiger charge is 2.16. The van der Waals surface area contributed by atoms with Crippen LogP contribution in [0.15, 0.2) is 40.1 Å². The molecule has 0 fully saturated rings. The number of nitrogens with zero attached hydrogens (tertiary/aromatic N) is 3. The first kappa shape index (κ1) is 18.8. The number of thiophene rings is 1. The maximum absolute atomic E-state index is 6.19. The van der Waals surface area contributed by atoms with E-state index in [9.17, 15) is 0 Å². The molecule has 0 spiro atoms. The van der Waals surface area contributed by atoms with Gasteiger partial charge in [-0.1, -0.05) is 30.7 Å². The van der Waals surface area contributed by atoms with Crippen LogP contribution in [0.5, 0.6) is 0 Å². The molecule has 0 aliphatic heterocycles. The second-order valence-electron chi connectivity index (χ2n) is 5.74. The van der Waals surface area contributed by atoms with E-state index in [1.807, 2.05) is 47.5 Å². The molecule has 8 heteroatoms. The number of halogens is 1. The zero-order valence-electron chi connectivity index (χ0n) is 14.5. The summed E-state index contributed by atoms with van der Waals surface area (Å²) in [7, 11) is 0. The number of rotatable bonds is 6. The minimum absolute atomic E-state index is 0.456. The summed E-state index contributed by atoms with van der Waals surface area (Å²) in [5.74, 6) is 1.07. The smallest absolute Gasteiger partial charge is 0.257 e. The molecular weight excluding hydrogens is 388 g/mol. The van der Waals surface area contributed by atoms with Crippen LogP contribution in [0.1, 0.15) is 24.8 Å². The summed E-state index contributed by atoms with van der Waals surface area (Å²) in [6.07, 6.45) is 0.947. The summed E-state index contributed by atoms with van der Waals surface area (Å²) in [6, 6.07) is 9.63. The molecule has 3 aromatic rings. The zero-order valence-corrected chi connectivity index (χ0v) is 16.9. The second kappa shape index (κ2) is 8.62. The van der Waals surface area contributed by atoms with E-state index in [1.54, 1.807) is 11.3 Å². The minimum atomic E-state index is 0.456. The van der Waals surface area contributed by atoms with Crippen LogP contribution in [-0.4, -0.2) is 26.8 Å². The fourth-order valence-corrected chi connectivity index (χ4v) is 3.52. The minimum Gasteiger partial charge on any atom is -0.418 e. The van der Waals surface area contributed by atoms with Crippen molar-refractivity contribution in [3.05, 3.63) is 52.2 Å². The first-order chi connectivity index (χ1) is 12.6. The average molecular weight is 407 g/mol. The quantitative estimate of drug-likeness (QED) is 0.555. The van der Waals surface area contributed by atoms with Crippen molar-refractivity contribution in [1.82, 2.24) is 15.1 Å². The molecule has 0 unspecified atom stereocenters. The maximum atomic E-state index is 6.19. The van der Waals surface area contributed by atoms with Crippen molar-refractivity contribution in [3.63, 3.8) is 0 Å². The van der Waals surface area contributed by atoms with Crippen LogP contribution in [0.2, 0.25) is 5.02 Å². The lowest BCUT2D eigenvalue weighted by Gasteiger charge is -2.24. The molecule has 0 aliphatic carbocycles. The predicted octanol–water partition coefficient (Wildman–Crippen LogP) is 5.37. The number of hydrogen-bond acceptors (Lipinski definition) is 5. The molecule has 3 rings (SSSR count). The summed E-state index contributed by atoms with van der Waals surface area (Å²) in [5, 5.41) is 14.8. The zero-order chi connectivity index (χ0) is 18.5. The number of hydrogen-bond donors (Lipinski definition) is 1. The van der Waals surface area contributed by atoms with Crippen LogP contribution in [0.3, 0.4) is 0 Å². The number of benzene rings is 1. The van der Waals surface area contributed by atoms with Gasteiger partial charge in [0.05, 0.1) is 11.4 Å². The topological polar surface area (TPSA) is 54.2 Å². The van der Waals surface area contributed by atoms with Crippen molar-refractivity contribution >= 4 is 46.0 Å². The molecule has 1 aromatic carbocycles. The number of nitrogens with one attached hydrogen (secondary N) is 1. The first-order valence-electron chi connectivity index (χ1n) is 8.25. The molecule has 0 radical (unpaired) electrons. The van der Waals surface area contributed by atoms with Crippen LogP contribution in [0.4, 0.5) is 5.69 Å². The van der Waals surface area contributed by atoms with E-state index in [0.717, 1.165) is 29.1 Å². The standard InChI is InChI=1S/C18H19ClN4OS2/c1-3-9-23(18(25)20-14-7-4-6-13(19)12(14)2)11-16-21-22-17(24-16)15-8-5-10-26-15/h4-8,10H,3,9,11H2,1-2H3,(H,20,25). The van der Waals surface area contributed by atoms with Crippen molar-refractivity contribution < 1.29 is 4.42 Å². The summed E-state index contributed by atoms with van der Waals surface area (Å²) in [4.78, 5) is 2.97. The Morgan fingerprint density at radius 3 is 2.88 bits per heavy atom. The monoisotopic (exact) mass is 406 g/mol. The fourth-order valence-electron chi connectivity index (χ4n) is 2.44. The van der Waals surface area contributed by atoms with E-state index in [0.29, 0.717) is 28.5 Å². The lowest BCUT2D eigenvalue weighted by Crippen LogP contribution is -2.35. The SMILES string of the molecule is CCCN(Cc1nnc(-c2cccs2)o1)C(=S)Nc1cccc(Cl)c1C. The van der Waals surface area contributed by atoms with Gasteiger partial charge in [0.25, 0.3) is 5.89 Å². The van der Waals surface area contributed by atoms with Crippen molar-refractivity contribution in [3.8, 4) is 10.8 Å². The number of anilines is 1. The summed E-state index contributed by atoms with van der Waals surface area (Å²) < 4.78 is 5.79. The molecule has 2 heterocycles. The Balaban J connectivity index is 1.72. The summed E-state index contributed by atoms with van der Waals surface area (Å²) >= 11 is 13.4. The molecule has 2 aromatic heterocycles. The van der Waals surface area contributed by atoms with Crippen molar-refractivity contribution in [1.29, 1.82) is 0 Å². The van der Waals surface area contributed by atoms with Gasteiger partial charge in [-0.2, -0.15) is 0 Å². The highest BCUT2D eigenvalue weighted by Crippen LogP contribution is 2.25. The van der Waals surface area contributed by atoms with Crippen LogP contribution in [0.25, 0.3) is 10.8 Å². The van der Waals surface area contributed by atoms with E-state index < -0.39 is 0 Å². The molecular formula is C18H19ClN4OS2. The van der Waals surface area contributed by atoms with Gasteiger partial charge in [0.2, 0.25) is 5.89 Å². The molecule has 1 N–H and O–H groups in total. The van der Waals surface area contributed by atoms with Crippen molar-refractivity contribution in [2.24, 2.45) is 0 Å². The third-order valence-electron chi connectivity index (χ3n) is 3.81. The molecule has 0 bridgehead atoms. The third kappa shape index (κ3) is 4.41. The second-order valence-corrected chi connectivity index (χ2v) is 7.48. The van der Waals surface area contributed by atoms with Crippen LogP contribution >= 0.6 is 35.2 Å². The first-order valence-corrected chi connectivity index (χ1v) is 9.92. The van der Waals surface area contributed by atoms with Gasteiger partial charge in [-0.3, -0.25) is 0 Å². The van der Waals surface area contributed by atoms with Gasteiger partial charge in [-0.05, 0) is 54.7 Å². The van der Waals surface area contributed by atoms with Gasteiger partial charge in [0, 0.05) is 17.3 Å². The van der Waals surface area contributed by atoms with E-state index >= 15 is 0 Å². The normalized spacial score (nSPS) is 10.7. The average Bonchev–Trinajstić information content (AvgIpc) is 3.30.